The third-order valence-electron chi connectivity index (χ3n) is 4.84. The minimum absolute atomic E-state index is 0.224. The number of halogens is 1. The maximum atomic E-state index is 13.0. The molecule has 1 atom stereocenters. The van der Waals surface area contributed by atoms with Crippen molar-refractivity contribution in [2.45, 2.75) is 31.5 Å². The Bertz CT molecular complexity index is 624. The van der Waals surface area contributed by atoms with Crippen molar-refractivity contribution in [1.82, 2.24) is 15.1 Å². The first kappa shape index (κ1) is 15.5. The summed E-state index contributed by atoms with van der Waals surface area (Å²) in [6.45, 7) is 4.46. The third-order valence-corrected chi connectivity index (χ3v) is 4.84. The van der Waals surface area contributed by atoms with Crippen LogP contribution in [0.4, 0.5) is 4.39 Å². The van der Waals surface area contributed by atoms with E-state index in [1.807, 2.05) is 12.2 Å². The predicted molar refractivity (Wildman–Crippen MR) is 92.0 cm³/mol. The van der Waals surface area contributed by atoms with Crippen LogP contribution < -0.4 is 10.1 Å². The summed E-state index contributed by atoms with van der Waals surface area (Å²) in [7, 11) is 0. The minimum Gasteiger partial charge on any atom is -0.467 e. The Labute approximate surface area is 142 Å². The number of ether oxygens (including phenoxy) is 1. The minimum atomic E-state index is -0.250. The predicted octanol–water partition coefficient (Wildman–Crippen LogP) is 2.70. The monoisotopic (exact) mass is 329 g/mol. The number of benzene rings is 1. The van der Waals surface area contributed by atoms with E-state index in [0.717, 1.165) is 31.5 Å². The Morgan fingerprint density at radius 3 is 2.67 bits per heavy atom. The highest BCUT2D eigenvalue weighted by Gasteiger charge is 2.30. The van der Waals surface area contributed by atoms with Crippen LogP contribution in [0.5, 0.6) is 5.75 Å². The van der Waals surface area contributed by atoms with E-state index in [0.29, 0.717) is 5.75 Å². The van der Waals surface area contributed by atoms with Crippen LogP contribution in [0.1, 0.15) is 19.3 Å². The average molecular weight is 329 g/mol. The van der Waals surface area contributed by atoms with E-state index in [-0.39, 0.29) is 12.0 Å². The number of nitrogens with one attached hydrogen (secondary N) is 1. The summed E-state index contributed by atoms with van der Waals surface area (Å²) in [5.74, 6) is 1.53. The lowest BCUT2D eigenvalue weighted by atomic mass is 10.3. The number of rotatable bonds is 4. The fourth-order valence-corrected chi connectivity index (χ4v) is 3.40. The van der Waals surface area contributed by atoms with Crippen LogP contribution in [-0.4, -0.2) is 48.2 Å². The first-order valence-electron chi connectivity index (χ1n) is 8.84. The lowest BCUT2D eigenvalue weighted by Gasteiger charge is -2.31. The third kappa shape index (κ3) is 3.73. The van der Waals surface area contributed by atoms with Gasteiger partial charge in [-0.2, -0.15) is 0 Å². The molecule has 4 nitrogen and oxygen atoms in total. The molecule has 128 valence electrons. The summed E-state index contributed by atoms with van der Waals surface area (Å²) in [6.07, 6.45) is 9.83. The lowest BCUT2D eigenvalue weighted by molar-refractivity contribution is 0.194. The molecule has 0 amide bonds. The maximum absolute atomic E-state index is 13.0. The molecule has 0 radical (unpaired) electrons. The Morgan fingerprint density at radius 2 is 1.88 bits per heavy atom. The standard InChI is InChI=1S/C19H24FN3O/c20-15-5-9-17(10-6-15)24-19-4-1-3-18(21-19)23-12-2-11-22(13-14-23)16-7-8-16/h1,3-6,9-10,16,19,21H,2,7-8,11-14H2. The molecular weight excluding hydrogens is 305 g/mol. The van der Waals surface area contributed by atoms with Gasteiger partial charge < -0.3 is 15.0 Å². The fraction of sp³-hybridized carbons (Fsp3) is 0.474. The zero-order chi connectivity index (χ0) is 16.4. The van der Waals surface area contributed by atoms with Crippen LogP contribution in [0.2, 0.25) is 0 Å². The van der Waals surface area contributed by atoms with Gasteiger partial charge in [-0.1, -0.05) is 6.08 Å². The van der Waals surface area contributed by atoms with Crippen LogP contribution in [0, 0.1) is 5.82 Å². The van der Waals surface area contributed by atoms with Gasteiger partial charge in [0.15, 0.2) is 6.23 Å². The molecule has 1 N–H and O–H groups in total. The van der Waals surface area contributed by atoms with Gasteiger partial charge in [0.2, 0.25) is 0 Å². The Hall–Kier alpha value is -2.01. The first-order valence-corrected chi connectivity index (χ1v) is 8.84. The second-order valence-electron chi connectivity index (χ2n) is 6.68. The Morgan fingerprint density at radius 1 is 1.04 bits per heavy atom. The van der Waals surface area contributed by atoms with Gasteiger partial charge in [-0.25, -0.2) is 4.39 Å². The molecule has 1 aliphatic carbocycles. The van der Waals surface area contributed by atoms with Gasteiger partial charge >= 0.3 is 0 Å². The zero-order valence-corrected chi connectivity index (χ0v) is 13.8. The van der Waals surface area contributed by atoms with E-state index >= 15 is 0 Å². The van der Waals surface area contributed by atoms with Crippen LogP contribution in [0.15, 0.2) is 48.3 Å². The maximum Gasteiger partial charge on any atom is 0.190 e. The lowest BCUT2D eigenvalue weighted by Crippen LogP contribution is -2.42. The Kier molecular flexibility index (Phi) is 4.43. The largest absolute Gasteiger partial charge is 0.467 e. The second-order valence-corrected chi connectivity index (χ2v) is 6.68. The first-order chi connectivity index (χ1) is 11.8. The molecule has 1 saturated carbocycles. The molecule has 1 aromatic rings. The molecule has 2 fully saturated rings. The van der Waals surface area contributed by atoms with Crippen molar-refractivity contribution in [2.24, 2.45) is 0 Å². The van der Waals surface area contributed by atoms with Gasteiger partial charge in [0.25, 0.3) is 0 Å². The summed E-state index contributed by atoms with van der Waals surface area (Å²) in [6, 6.07) is 6.98. The average Bonchev–Trinajstić information content (AvgIpc) is 3.43. The van der Waals surface area contributed by atoms with Crippen LogP contribution >= 0.6 is 0 Å². The zero-order valence-electron chi connectivity index (χ0n) is 13.8. The van der Waals surface area contributed by atoms with E-state index in [9.17, 15) is 4.39 Å². The van der Waals surface area contributed by atoms with Crippen molar-refractivity contribution in [3.63, 3.8) is 0 Å². The highest BCUT2D eigenvalue weighted by Crippen LogP contribution is 2.28. The number of hydrogen-bond acceptors (Lipinski definition) is 4. The molecule has 1 unspecified atom stereocenters. The molecule has 5 heteroatoms. The molecule has 4 rings (SSSR count). The molecular formula is C19H24FN3O. The molecule has 2 aliphatic heterocycles. The van der Waals surface area contributed by atoms with Gasteiger partial charge in [0.1, 0.15) is 17.4 Å². The number of hydrogen-bond donors (Lipinski definition) is 1. The van der Waals surface area contributed by atoms with Gasteiger partial charge in [0.05, 0.1) is 0 Å². The molecule has 0 spiro atoms. The topological polar surface area (TPSA) is 27.7 Å². The van der Waals surface area contributed by atoms with Gasteiger partial charge in [-0.3, -0.25) is 4.90 Å². The summed E-state index contributed by atoms with van der Waals surface area (Å²) < 4.78 is 18.9. The van der Waals surface area contributed by atoms with Crippen molar-refractivity contribution in [2.75, 3.05) is 26.2 Å². The smallest absolute Gasteiger partial charge is 0.190 e. The van der Waals surface area contributed by atoms with Gasteiger partial charge in [-0.05, 0) is 55.7 Å². The molecule has 2 heterocycles. The van der Waals surface area contributed by atoms with Crippen molar-refractivity contribution in [1.29, 1.82) is 0 Å². The Balaban J connectivity index is 1.35. The molecule has 0 aromatic heterocycles. The van der Waals surface area contributed by atoms with Crippen molar-refractivity contribution in [3.05, 3.63) is 54.1 Å². The second kappa shape index (κ2) is 6.85. The van der Waals surface area contributed by atoms with Crippen LogP contribution in [0.25, 0.3) is 0 Å². The SMILES string of the molecule is Fc1ccc(OC2C=CC=C(N3CCCN(C4CC4)CC3)N2)cc1. The van der Waals surface area contributed by atoms with Gasteiger partial charge in [-0.15, -0.1) is 0 Å². The normalized spacial score (nSPS) is 25.0. The quantitative estimate of drug-likeness (QED) is 0.919. The molecule has 0 bridgehead atoms. The van der Waals surface area contributed by atoms with Crippen molar-refractivity contribution < 1.29 is 9.13 Å². The molecule has 24 heavy (non-hydrogen) atoms. The van der Waals surface area contributed by atoms with Crippen LogP contribution in [0.3, 0.4) is 0 Å². The highest BCUT2D eigenvalue weighted by atomic mass is 19.1. The summed E-state index contributed by atoms with van der Waals surface area (Å²) >= 11 is 0. The number of nitrogens with zero attached hydrogens (tertiary/aromatic N) is 2. The van der Waals surface area contributed by atoms with Gasteiger partial charge in [0, 0.05) is 32.2 Å². The van der Waals surface area contributed by atoms with Crippen molar-refractivity contribution in [3.8, 4) is 5.75 Å². The summed E-state index contributed by atoms with van der Waals surface area (Å²) in [5.41, 5.74) is 0. The molecule has 1 saturated heterocycles. The van der Waals surface area contributed by atoms with E-state index in [1.165, 1.54) is 37.9 Å². The summed E-state index contributed by atoms with van der Waals surface area (Å²) in [5, 5.41) is 3.44. The van der Waals surface area contributed by atoms with E-state index in [1.54, 1.807) is 12.1 Å². The highest BCUT2D eigenvalue weighted by molar-refractivity contribution is 5.25. The van der Waals surface area contributed by atoms with E-state index in [2.05, 4.69) is 21.2 Å². The van der Waals surface area contributed by atoms with E-state index in [4.69, 9.17) is 4.74 Å². The summed E-state index contributed by atoms with van der Waals surface area (Å²) in [4.78, 5) is 5.04. The van der Waals surface area contributed by atoms with E-state index < -0.39 is 0 Å². The number of allylic oxidation sites excluding steroid dienone is 2. The van der Waals surface area contributed by atoms with Crippen molar-refractivity contribution >= 4 is 0 Å². The fourth-order valence-electron chi connectivity index (χ4n) is 3.40. The molecule has 1 aromatic carbocycles. The number of dihydropyridines is 1. The van der Waals surface area contributed by atoms with Crippen LogP contribution in [-0.2, 0) is 0 Å². The molecule has 3 aliphatic rings.